The van der Waals surface area contributed by atoms with Crippen LogP contribution in [0.5, 0.6) is 0 Å². The lowest BCUT2D eigenvalue weighted by Crippen LogP contribution is -2.02. The maximum Gasteiger partial charge on any atom is 0.189 e. The summed E-state index contributed by atoms with van der Waals surface area (Å²) in [5, 5.41) is 0.805. The molecule has 1 aromatic heterocycles. The van der Waals surface area contributed by atoms with Crippen LogP contribution in [-0.2, 0) is 9.84 Å². The molecule has 1 aromatic rings. The Labute approximate surface area is 76.4 Å². The van der Waals surface area contributed by atoms with Crippen molar-refractivity contribution in [3.8, 4) is 0 Å². The Hall–Kier alpha value is -0.420. The van der Waals surface area contributed by atoms with Crippen molar-refractivity contribution in [1.29, 1.82) is 0 Å². The molecule has 0 amide bonds. The standard InChI is InChI=1S/C7H11NO2S2/c1-4-12(9,10)7-5(2)8-6(3)11-7/h4H2,1-3H3. The predicted molar refractivity (Wildman–Crippen MR) is 49.3 cm³/mol. The minimum Gasteiger partial charge on any atom is -0.245 e. The van der Waals surface area contributed by atoms with Gasteiger partial charge in [-0.1, -0.05) is 6.92 Å². The fraction of sp³-hybridized carbons (Fsp3) is 0.571. The lowest BCUT2D eigenvalue weighted by atomic mass is 10.6. The minimum absolute atomic E-state index is 0.148. The highest BCUT2D eigenvalue weighted by Gasteiger charge is 2.18. The summed E-state index contributed by atoms with van der Waals surface area (Å²) in [4.78, 5) is 4.06. The quantitative estimate of drug-likeness (QED) is 0.736. The molecule has 68 valence electrons. The molecule has 1 heterocycles. The largest absolute Gasteiger partial charge is 0.245 e. The Morgan fingerprint density at radius 3 is 2.33 bits per heavy atom. The molecule has 0 aromatic carbocycles. The van der Waals surface area contributed by atoms with E-state index in [4.69, 9.17) is 0 Å². The fourth-order valence-corrected chi connectivity index (χ4v) is 3.56. The number of aromatic nitrogens is 1. The summed E-state index contributed by atoms with van der Waals surface area (Å²) in [6.07, 6.45) is 0. The lowest BCUT2D eigenvalue weighted by molar-refractivity contribution is 0.598. The van der Waals surface area contributed by atoms with Crippen LogP contribution in [0.1, 0.15) is 17.6 Å². The molecule has 0 atom stereocenters. The number of rotatable bonds is 2. The molecular weight excluding hydrogens is 194 g/mol. The molecule has 1 rings (SSSR count). The van der Waals surface area contributed by atoms with E-state index in [2.05, 4.69) is 4.98 Å². The van der Waals surface area contributed by atoms with Crippen molar-refractivity contribution in [2.24, 2.45) is 0 Å². The third kappa shape index (κ3) is 1.67. The van der Waals surface area contributed by atoms with Crippen molar-refractivity contribution in [2.45, 2.75) is 25.0 Å². The van der Waals surface area contributed by atoms with Crippen LogP contribution in [0.25, 0.3) is 0 Å². The minimum atomic E-state index is -3.05. The van der Waals surface area contributed by atoms with Crippen molar-refractivity contribution in [3.05, 3.63) is 10.7 Å². The van der Waals surface area contributed by atoms with Gasteiger partial charge in [0.2, 0.25) is 0 Å². The summed E-state index contributed by atoms with van der Waals surface area (Å²) in [6.45, 7) is 5.18. The molecule has 0 spiro atoms. The van der Waals surface area contributed by atoms with Crippen molar-refractivity contribution >= 4 is 21.2 Å². The Morgan fingerprint density at radius 2 is 2.00 bits per heavy atom. The summed E-state index contributed by atoms with van der Waals surface area (Å²) in [6, 6.07) is 0. The zero-order valence-corrected chi connectivity index (χ0v) is 8.92. The Bertz CT molecular complexity index is 378. The predicted octanol–water partition coefficient (Wildman–Crippen LogP) is 1.55. The summed E-state index contributed by atoms with van der Waals surface area (Å²) in [7, 11) is -3.05. The van der Waals surface area contributed by atoms with Crippen LogP contribution in [0.4, 0.5) is 0 Å². The molecule has 5 heteroatoms. The topological polar surface area (TPSA) is 47.0 Å². The number of sulfone groups is 1. The molecule has 0 unspecified atom stereocenters. The number of aryl methyl sites for hydroxylation is 2. The first-order chi connectivity index (χ1) is 5.47. The number of thiazole rings is 1. The molecule has 0 aliphatic heterocycles. The summed E-state index contributed by atoms with van der Waals surface area (Å²) in [5.41, 5.74) is 0.624. The van der Waals surface area contributed by atoms with E-state index in [0.29, 0.717) is 9.90 Å². The number of hydrogen-bond donors (Lipinski definition) is 0. The molecule has 0 saturated heterocycles. The van der Waals surface area contributed by atoms with Gasteiger partial charge in [0.05, 0.1) is 16.5 Å². The second-order valence-electron chi connectivity index (χ2n) is 2.51. The zero-order valence-electron chi connectivity index (χ0n) is 7.29. The fourth-order valence-electron chi connectivity index (χ4n) is 0.932. The van der Waals surface area contributed by atoms with Crippen molar-refractivity contribution in [1.82, 2.24) is 4.98 Å². The highest BCUT2D eigenvalue weighted by Crippen LogP contribution is 2.23. The van der Waals surface area contributed by atoms with Gasteiger partial charge in [0.15, 0.2) is 9.84 Å². The maximum absolute atomic E-state index is 11.4. The van der Waals surface area contributed by atoms with Gasteiger partial charge in [-0.15, -0.1) is 11.3 Å². The highest BCUT2D eigenvalue weighted by atomic mass is 32.2. The van der Waals surface area contributed by atoms with Gasteiger partial charge in [-0.25, -0.2) is 13.4 Å². The average molecular weight is 205 g/mol. The van der Waals surface area contributed by atoms with E-state index < -0.39 is 9.84 Å². The van der Waals surface area contributed by atoms with E-state index in [0.717, 1.165) is 5.01 Å². The molecular formula is C7H11NO2S2. The van der Waals surface area contributed by atoms with Gasteiger partial charge in [0.25, 0.3) is 0 Å². The van der Waals surface area contributed by atoms with Gasteiger partial charge in [0.1, 0.15) is 4.21 Å². The van der Waals surface area contributed by atoms with Gasteiger partial charge in [-0.05, 0) is 13.8 Å². The molecule has 0 bridgehead atoms. The average Bonchev–Trinajstić information content (AvgIpc) is 2.31. The van der Waals surface area contributed by atoms with E-state index in [9.17, 15) is 8.42 Å². The van der Waals surface area contributed by atoms with Crippen molar-refractivity contribution < 1.29 is 8.42 Å². The van der Waals surface area contributed by atoms with Gasteiger partial charge in [-0.2, -0.15) is 0 Å². The van der Waals surface area contributed by atoms with Crippen LogP contribution in [0.2, 0.25) is 0 Å². The van der Waals surface area contributed by atoms with E-state index in [1.165, 1.54) is 11.3 Å². The summed E-state index contributed by atoms with van der Waals surface area (Å²) < 4.78 is 23.2. The molecule has 0 radical (unpaired) electrons. The molecule has 0 aliphatic rings. The maximum atomic E-state index is 11.4. The second-order valence-corrected chi connectivity index (χ2v) is 6.19. The Morgan fingerprint density at radius 1 is 1.42 bits per heavy atom. The zero-order chi connectivity index (χ0) is 9.35. The smallest absolute Gasteiger partial charge is 0.189 e. The van der Waals surface area contributed by atoms with Crippen LogP contribution < -0.4 is 0 Å². The third-order valence-corrected chi connectivity index (χ3v) is 5.02. The summed E-state index contributed by atoms with van der Waals surface area (Å²) >= 11 is 1.25. The first-order valence-electron chi connectivity index (χ1n) is 3.64. The van der Waals surface area contributed by atoms with Gasteiger partial charge < -0.3 is 0 Å². The molecule has 0 saturated carbocycles. The highest BCUT2D eigenvalue weighted by molar-refractivity contribution is 7.93. The van der Waals surface area contributed by atoms with Gasteiger partial charge >= 0.3 is 0 Å². The lowest BCUT2D eigenvalue weighted by Gasteiger charge is -1.95. The van der Waals surface area contributed by atoms with Gasteiger partial charge in [0, 0.05) is 0 Å². The third-order valence-electron chi connectivity index (χ3n) is 1.52. The SMILES string of the molecule is CCS(=O)(=O)c1sc(C)nc1C. The molecule has 12 heavy (non-hydrogen) atoms. The van der Waals surface area contributed by atoms with E-state index in [-0.39, 0.29) is 5.75 Å². The normalized spacial score (nSPS) is 11.9. The van der Waals surface area contributed by atoms with Crippen molar-refractivity contribution in [3.63, 3.8) is 0 Å². The number of nitrogens with zero attached hydrogens (tertiary/aromatic N) is 1. The van der Waals surface area contributed by atoms with E-state index >= 15 is 0 Å². The van der Waals surface area contributed by atoms with E-state index in [1.807, 2.05) is 6.92 Å². The Kier molecular flexibility index (Phi) is 2.53. The summed E-state index contributed by atoms with van der Waals surface area (Å²) in [5.74, 6) is 0.148. The first kappa shape index (κ1) is 9.67. The molecule has 0 aliphatic carbocycles. The molecule has 3 nitrogen and oxygen atoms in total. The monoisotopic (exact) mass is 205 g/mol. The van der Waals surface area contributed by atoms with Crippen LogP contribution in [0, 0.1) is 13.8 Å². The van der Waals surface area contributed by atoms with Crippen LogP contribution in [-0.4, -0.2) is 19.2 Å². The van der Waals surface area contributed by atoms with E-state index in [1.54, 1.807) is 13.8 Å². The van der Waals surface area contributed by atoms with Gasteiger partial charge in [-0.3, -0.25) is 0 Å². The van der Waals surface area contributed by atoms with Crippen molar-refractivity contribution in [2.75, 3.05) is 5.75 Å². The Balaban J connectivity index is 3.29. The van der Waals surface area contributed by atoms with Crippen LogP contribution in [0.3, 0.4) is 0 Å². The first-order valence-corrected chi connectivity index (χ1v) is 6.11. The molecule has 0 fully saturated rings. The second kappa shape index (κ2) is 3.14. The number of hydrogen-bond acceptors (Lipinski definition) is 4. The van der Waals surface area contributed by atoms with Crippen LogP contribution >= 0.6 is 11.3 Å². The van der Waals surface area contributed by atoms with Crippen LogP contribution in [0.15, 0.2) is 4.21 Å². The molecule has 0 N–H and O–H groups in total.